The molecular formula is C37H34N4O6S3. The molecule has 0 atom stereocenters. The molecule has 13 heteroatoms. The molecule has 0 aliphatic carbocycles. The number of benzene rings is 2. The van der Waals surface area contributed by atoms with Crippen LogP contribution in [0.4, 0.5) is 0 Å². The summed E-state index contributed by atoms with van der Waals surface area (Å²) in [5.74, 6) is 1.19. The number of Topliss-reactive ketones (excluding diaryl/α,β-unsaturated/α-hetero) is 1. The fraction of sp³-hybridized carbons (Fsp3) is 0.270. The number of hydrogen-bond donors (Lipinski definition) is 1. The lowest BCUT2D eigenvalue weighted by Crippen LogP contribution is -2.12. The topological polar surface area (TPSA) is 126 Å². The number of aryl methyl sites for hydroxylation is 2. The number of hydrogen-bond acceptors (Lipinski definition) is 9. The van der Waals surface area contributed by atoms with Crippen molar-refractivity contribution in [2.45, 2.75) is 56.8 Å². The molecule has 0 fully saturated rings. The van der Waals surface area contributed by atoms with Crippen LogP contribution in [-0.2, 0) is 53.7 Å². The van der Waals surface area contributed by atoms with E-state index >= 15 is 0 Å². The summed E-state index contributed by atoms with van der Waals surface area (Å²) >= 11 is 2.56. The van der Waals surface area contributed by atoms with E-state index in [1.807, 2.05) is 52.0 Å². The third kappa shape index (κ3) is 6.30. The number of carbonyl (C=O) groups is 1. The minimum Gasteiger partial charge on any atom is -0.492 e. The second-order valence-electron chi connectivity index (χ2n) is 12.8. The van der Waals surface area contributed by atoms with E-state index in [2.05, 4.69) is 31.2 Å². The minimum atomic E-state index is -4.44. The monoisotopic (exact) mass is 726 g/mol. The van der Waals surface area contributed by atoms with Crippen LogP contribution in [-0.4, -0.2) is 51.5 Å². The van der Waals surface area contributed by atoms with Crippen molar-refractivity contribution in [3.8, 4) is 32.6 Å². The van der Waals surface area contributed by atoms with Crippen LogP contribution in [0.25, 0.3) is 21.1 Å². The molecule has 2 aliphatic heterocycles. The zero-order valence-corrected chi connectivity index (χ0v) is 30.0. The Morgan fingerprint density at radius 1 is 0.780 bits per heavy atom. The Labute approximate surface area is 297 Å². The lowest BCUT2D eigenvalue weighted by atomic mass is 10.0. The van der Waals surface area contributed by atoms with Gasteiger partial charge in [-0.1, -0.05) is 59.7 Å². The highest BCUT2D eigenvalue weighted by atomic mass is 32.3. The van der Waals surface area contributed by atoms with Crippen LogP contribution in [0.15, 0.2) is 70.3 Å². The summed E-state index contributed by atoms with van der Waals surface area (Å²) in [6.07, 6.45) is 1.35. The minimum absolute atomic E-state index is 0.0256. The van der Waals surface area contributed by atoms with E-state index < -0.39 is 10.1 Å². The Hall–Kier alpha value is -4.56. The Morgan fingerprint density at radius 3 is 1.84 bits per heavy atom. The van der Waals surface area contributed by atoms with E-state index in [9.17, 15) is 17.8 Å². The molecule has 50 heavy (non-hydrogen) atoms. The number of aromatic nitrogens is 4. The Morgan fingerprint density at radius 2 is 1.30 bits per heavy atom. The summed E-state index contributed by atoms with van der Waals surface area (Å²) in [6.45, 7) is 5.85. The van der Waals surface area contributed by atoms with Crippen LogP contribution < -0.4 is 9.47 Å². The van der Waals surface area contributed by atoms with Crippen molar-refractivity contribution in [2.75, 3.05) is 13.2 Å². The van der Waals surface area contributed by atoms with Gasteiger partial charge in [-0.15, -0.1) is 22.7 Å². The highest BCUT2D eigenvalue weighted by Gasteiger charge is 2.31. The predicted molar refractivity (Wildman–Crippen MR) is 192 cm³/mol. The molecular weight excluding hydrogens is 693 g/mol. The first kappa shape index (κ1) is 32.6. The Balaban J connectivity index is 1.15. The fourth-order valence-corrected chi connectivity index (χ4v) is 9.42. The van der Waals surface area contributed by atoms with Gasteiger partial charge in [0.1, 0.15) is 17.3 Å². The lowest BCUT2D eigenvalue weighted by molar-refractivity contribution is -0.117. The molecule has 10 nitrogen and oxygen atoms in total. The number of nitrogens with zero attached hydrogens (tertiary/aromatic N) is 4. The summed E-state index contributed by atoms with van der Waals surface area (Å²) in [6, 6.07) is 19.9. The normalized spacial score (nSPS) is 13.7. The molecule has 2 aliphatic rings. The second kappa shape index (κ2) is 13.0. The van der Waals surface area contributed by atoms with Gasteiger partial charge in [0, 0.05) is 30.0 Å². The SMILES string of the molecule is Cc1ccc(Cn2nc(CC(=O)Cc3nn(Cc4ccc(C)cc4)c4c3CCOc3cc(S(=O)(=O)O)sc3-4)c3c2-c2sccc2OCC3)cc1. The average molecular weight is 727 g/mol. The molecule has 0 saturated heterocycles. The fourth-order valence-electron chi connectivity index (χ4n) is 6.67. The molecule has 0 bridgehead atoms. The van der Waals surface area contributed by atoms with Gasteiger partial charge < -0.3 is 9.47 Å². The first-order valence-electron chi connectivity index (χ1n) is 16.4. The molecule has 6 heterocycles. The molecule has 2 aromatic carbocycles. The van der Waals surface area contributed by atoms with Crippen LogP contribution in [0.2, 0.25) is 0 Å². The molecule has 6 aromatic rings. The van der Waals surface area contributed by atoms with Crippen molar-refractivity contribution in [3.05, 3.63) is 111 Å². The smallest absolute Gasteiger partial charge is 0.304 e. The van der Waals surface area contributed by atoms with E-state index in [0.29, 0.717) is 54.6 Å². The van der Waals surface area contributed by atoms with Gasteiger partial charge in [-0.25, -0.2) is 0 Å². The van der Waals surface area contributed by atoms with Crippen molar-refractivity contribution in [1.29, 1.82) is 0 Å². The van der Waals surface area contributed by atoms with Crippen LogP contribution in [0.5, 0.6) is 11.5 Å². The van der Waals surface area contributed by atoms with Crippen molar-refractivity contribution in [1.82, 2.24) is 19.6 Å². The largest absolute Gasteiger partial charge is 0.492 e. The Bertz CT molecular complexity index is 2350. The molecule has 0 unspecified atom stereocenters. The third-order valence-electron chi connectivity index (χ3n) is 9.11. The number of fused-ring (bicyclic) bond motifs is 6. The molecule has 0 radical (unpaired) electrons. The molecule has 0 saturated carbocycles. The molecule has 256 valence electrons. The summed E-state index contributed by atoms with van der Waals surface area (Å²) in [5.41, 5.74) is 9.41. The van der Waals surface area contributed by atoms with E-state index in [4.69, 9.17) is 19.7 Å². The van der Waals surface area contributed by atoms with Gasteiger partial charge in [0.25, 0.3) is 0 Å². The first-order chi connectivity index (χ1) is 24.1. The molecule has 4 aromatic heterocycles. The van der Waals surface area contributed by atoms with Crippen molar-refractivity contribution >= 4 is 38.6 Å². The molecule has 8 rings (SSSR count). The number of ketones is 1. The zero-order chi connectivity index (χ0) is 34.6. The lowest BCUT2D eigenvalue weighted by Gasteiger charge is -2.08. The van der Waals surface area contributed by atoms with Gasteiger partial charge >= 0.3 is 10.1 Å². The maximum absolute atomic E-state index is 14.0. The standard InChI is InChI=1S/C37H34N4O6S3/c1-22-3-7-24(8-4-22)20-40-34-27(11-14-46-31-13-16-48-36(31)34)29(38-40)17-26(42)18-30-28-12-15-47-32-19-33(50(43,44)45)49-37(32)35(28)41(39-30)21-25-9-5-23(2)6-10-25/h3-10,13,16,19H,11-12,14-15,17-18,20-21H2,1-2H3,(H,43,44,45). The highest BCUT2D eigenvalue weighted by Crippen LogP contribution is 2.45. The zero-order valence-electron chi connectivity index (χ0n) is 27.5. The van der Waals surface area contributed by atoms with Gasteiger partial charge in [-0.3, -0.25) is 18.7 Å². The number of ether oxygens (including phenoxy) is 2. The maximum atomic E-state index is 14.0. The summed E-state index contributed by atoms with van der Waals surface area (Å²) < 4.78 is 49.8. The average Bonchev–Trinajstić information content (AvgIpc) is 3.81. The van der Waals surface area contributed by atoms with Gasteiger partial charge in [-0.2, -0.15) is 18.6 Å². The van der Waals surface area contributed by atoms with Crippen LogP contribution in [0, 0.1) is 13.8 Å². The summed E-state index contributed by atoms with van der Waals surface area (Å²) in [7, 11) is -4.44. The van der Waals surface area contributed by atoms with E-state index in [-0.39, 0.29) is 29.4 Å². The van der Waals surface area contributed by atoms with Crippen molar-refractivity contribution < 1.29 is 27.2 Å². The van der Waals surface area contributed by atoms with Crippen LogP contribution >= 0.6 is 22.7 Å². The van der Waals surface area contributed by atoms with Crippen molar-refractivity contribution in [2.24, 2.45) is 0 Å². The van der Waals surface area contributed by atoms with Crippen LogP contribution in [0.1, 0.15) is 44.8 Å². The van der Waals surface area contributed by atoms with Gasteiger partial charge in [0.05, 0.1) is 71.7 Å². The maximum Gasteiger partial charge on any atom is 0.304 e. The number of thiophene rings is 2. The second-order valence-corrected chi connectivity index (χ2v) is 16.4. The molecule has 0 spiro atoms. The number of carbonyl (C=O) groups excluding carboxylic acids is 1. The molecule has 1 N–H and O–H groups in total. The van der Waals surface area contributed by atoms with Gasteiger partial charge in [0.2, 0.25) is 0 Å². The van der Waals surface area contributed by atoms with E-state index in [1.165, 1.54) is 11.6 Å². The van der Waals surface area contributed by atoms with Crippen molar-refractivity contribution in [3.63, 3.8) is 0 Å². The Kier molecular flexibility index (Phi) is 8.46. The highest BCUT2D eigenvalue weighted by molar-refractivity contribution is 7.88. The van der Waals surface area contributed by atoms with Gasteiger partial charge in [-0.05, 0) is 36.4 Å². The summed E-state index contributed by atoms with van der Waals surface area (Å²) in [4.78, 5) is 15.6. The predicted octanol–water partition coefficient (Wildman–Crippen LogP) is 6.72. The van der Waals surface area contributed by atoms with E-state index in [0.717, 1.165) is 61.2 Å². The molecule has 0 amide bonds. The van der Waals surface area contributed by atoms with Gasteiger partial charge in [0.15, 0.2) is 4.21 Å². The van der Waals surface area contributed by atoms with E-state index in [1.54, 1.807) is 11.3 Å². The van der Waals surface area contributed by atoms with Crippen LogP contribution in [0.3, 0.4) is 0 Å². The number of rotatable bonds is 9. The quantitative estimate of drug-likeness (QED) is 0.163. The summed E-state index contributed by atoms with van der Waals surface area (Å²) in [5, 5.41) is 12.1. The first-order valence-corrected chi connectivity index (χ1v) is 19.5. The third-order valence-corrected chi connectivity index (χ3v) is 12.4.